The van der Waals surface area contributed by atoms with Crippen LogP contribution in [-0.4, -0.2) is 13.4 Å². The zero-order chi connectivity index (χ0) is 16.5. The summed E-state index contributed by atoms with van der Waals surface area (Å²) in [5.74, 6) is -0.00753. The fourth-order valence-electron chi connectivity index (χ4n) is 1.47. The standard InChI is InChI=1S/C12H6Cl2F3NO3S/c13-9-5-8(2-3-10(9)22(14,19)20)21-11-4-1-7(6-18-11)12(15,16)17/h1-6H. The van der Waals surface area contributed by atoms with Crippen LogP contribution in [0.5, 0.6) is 11.6 Å². The molecule has 0 N–H and O–H groups in total. The molecule has 0 atom stereocenters. The van der Waals surface area contributed by atoms with Crippen molar-refractivity contribution in [2.45, 2.75) is 11.1 Å². The normalized spacial score (nSPS) is 12.2. The number of hydrogen-bond donors (Lipinski definition) is 0. The van der Waals surface area contributed by atoms with Gasteiger partial charge in [0, 0.05) is 29.0 Å². The van der Waals surface area contributed by atoms with Gasteiger partial charge in [-0.1, -0.05) is 11.6 Å². The van der Waals surface area contributed by atoms with Crippen molar-refractivity contribution in [1.29, 1.82) is 0 Å². The molecule has 0 aliphatic rings. The Morgan fingerprint density at radius 1 is 1.14 bits per heavy atom. The molecule has 0 aliphatic carbocycles. The van der Waals surface area contributed by atoms with Crippen LogP contribution < -0.4 is 4.74 Å². The van der Waals surface area contributed by atoms with Gasteiger partial charge in [-0.05, 0) is 18.2 Å². The van der Waals surface area contributed by atoms with Gasteiger partial charge in [-0.15, -0.1) is 0 Å². The molecule has 0 saturated carbocycles. The number of nitrogens with zero attached hydrogens (tertiary/aromatic N) is 1. The average Bonchev–Trinajstić information content (AvgIpc) is 2.36. The maximum Gasteiger partial charge on any atom is 0.417 e. The lowest BCUT2D eigenvalue weighted by atomic mass is 10.3. The van der Waals surface area contributed by atoms with E-state index < -0.39 is 20.8 Å². The minimum absolute atomic E-state index is 0.0984. The number of pyridine rings is 1. The summed E-state index contributed by atoms with van der Waals surface area (Å²) in [5.41, 5.74) is -0.915. The van der Waals surface area contributed by atoms with Crippen LogP contribution in [0, 0.1) is 0 Å². The van der Waals surface area contributed by atoms with Crippen LogP contribution >= 0.6 is 22.3 Å². The van der Waals surface area contributed by atoms with Gasteiger partial charge in [0.2, 0.25) is 5.88 Å². The summed E-state index contributed by atoms with van der Waals surface area (Å²) < 4.78 is 64.7. The van der Waals surface area contributed by atoms with Crippen LogP contribution in [0.15, 0.2) is 41.4 Å². The summed E-state index contributed by atoms with van der Waals surface area (Å²) in [4.78, 5) is 3.21. The lowest BCUT2D eigenvalue weighted by molar-refractivity contribution is -0.137. The molecule has 1 heterocycles. The molecule has 2 aromatic rings. The highest BCUT2D eigenvalue weighted by Gasteiger charge is 2.30. The Morgan fingerprint density at radius 3 is 2.27 bits per heavy atom. The van der Waals surface area contributed by atoms with E-state index in [0.717, 1.165) is 24.3 Å². The molecule has 118 valence electrons. The third-order valence-electron chi connectivity index (χ3n) is 2.45. The van der Waals surface area contributed by atoms with E-state index in [1.54, 1.807) is 0 Å². The van der Waals surface area contributed by atoms with Gasteiger partial charge in [-0.3, -0.25) is 0 Å². The maximum atomic E-state index is 12.4. The molecule has 2 rings (SSSR count). The van der Waals surface area contributed by atoms with Gasteiger partial charge < -0.3 is 4.74 Å². The van der Waals surface area contributed by atoms with Crippen molar-refractivity contribution in [2.24, 2.45) is 0 Å². The van der Waals surface area contributed by atoms with E-state index in [9.17, 15) is 21.6 Å². The van der Waals surface area contributed by atoms with Crippen LogP contribution in [-0.2, 0) is 15.2 Å². The maximum absolute atomic E-state index is 12.4. The van der Waals surface area contributed by atoms with E-state index in [0.29, 0.717) is 6.20 Å². The fourth-order valence-corrected chi connectivity index (χ4v) is 2.99. The molecule has 0 unspecified atom stereocenters. The Bertz CT molecular complexity index is 792. The lowest BCUT2D eigenvalue weighted by Gasteiger charge is -2.09. The van der Waals surface area contributed by atoms with E-state index in [2.05, 4.69) is 4.98 Å². The molecule has 1 aromatic heterocycles. The predicted molar refractivity (Wildman–Crippen MR) is 73.8 cm³/mol. The van der Waals surface area contributed by atoms with E-state index in [-0.39, 0.29) is 21.5 Å². The summed E-state index contributed by atoms with van der Waals surface area (Å²) in [6.45, 7) is 0. The van der Waals surface area contributed by atoms with Gasteiger partial charge in [-0.25, -0.2) is 13.4 Å². The second kappa shape index (κ2) is 5.94. The number of halogens is 5. The van der Waals surface area contributed by atoms with Gasteiger partial charge in [0.1, 0.15) is 10.6 Å². The summed E-state index contributed by atoms with van der Waals surface area (Å²) in [6.07, 6.45) is -3.88. The molecular weight excluding hydrogens is 366 g/mol. The van der Waals surface area contributed by atoms with Crippen molar-refractivity contribution in [3.8, 4) is 11.6 Å². The number of hydrogen-bond acceptors (Lipinski definition) is 4. The minimum atomic E-state index is -4.49. The quantitative estimate of drug-likeness (QED) is 0.746. The second-order valence-corrected chi connectivity index (χ2v) is 6.96. The Hall–Kier alpha value is -1.51. The molecule has 0 amide bonds. The molecule has 0 aliphatic heterocycles. The Labute approximate surface area is 132 Å². The Morgan fingerprint density at radius 2 is 1.82 bits per heavy atom. The third-order valence-corrected chi connectivity index (χ3v) is 4.26. The van der Waals surface area contributed by atoms with Crippen molar-refractivity contribution in [3.05, 3.63) is 47.1 Å². The Kier molecular flexibility index (Phi) is 4.55. The molecule has 0 saturated heterocycles. The highest BCUT2D eigenvalue weighted by Crippen LogP contribution is 2.32. The van der Waals surface area contributed by atoms with Crippen molar-refractivity contribution < 1.29 is 26.3 Å². The van der Waals surface area contributed by atoms with Gasteiger partial charge in [0.05, 0.1) is 10.6 Å². The number of rotatable bonds is 3. The first-order valence-electron chi connectivity index (χ1n) is 5.53. The summed E-state index contributed by atoms with van der Waals surface area (Å²) >= 11 is 5.75. The first kappa shape index (κ1) is 16.9. The summed E-state index contributed by atoms with van der Waals surface area (Å²) in [5, 5.41) is -0.181. The highest BCUT2D eigenvalue weighted by molar-refractivity contribution is 8.13. The first-order valence-corrected chi connectivity index (χ1v) is 8.21. The second-order valence-electron chi connectivity index (χ2n) is 4.02. The van der Waals surface area contributed by atoms with Crippen LogP contribution in [0.3, 0.4) is 0 Å². The lowest BCUT2D eigenvalue weighted by Crippen LogP contribution is -2.05. The number of benzene rings is 1. The molecular formula is C12H6Cl2F3NO3S. The Balaban J connectivity index is 2.23. The molecule has 22 heavy (non-hydrogen) atoms. The topological polar surface area (TPSA) is 56.3 Å². The van der Waals surface area contributed by atoms with E-state index in [4.69, 9.17) is 27.0 Å². The number of ether oxygens (including phenoxy) is 1. The molecule has 0 spiro atoms. The van der Waals surface area contributed by atoms with Gasteiger partial charge in [0.15, 0.2) is 0 Å². The van der Waals surface area contributed by atoms with Gasteiger partial charge >= 0.3 is 6.18 Å². The van der Waals surface area contributed by atoms with Crippen molar-refractivity contribution >= 4 is 31.3 Å². The average molecular weight is 372 g/mol. The number of alkyl halides is 3. The van der Waals surface area contributed by atoms with E-state index >= 15 is 0 Å². The van der Waals surface area contributed by atoms with Crippen LogP contribution in [0.25, 0.3) is 0 Å². The molecule has 0 radical (unpaired) electrons. The zero-order valence-corrected chi connectivity index (χ0v) is 12.8. The van der Waals surface area contributed by atoms with Crippen molar-refractivity contribution in [2.75, 3.05) is 0 Å². The molecule has 0 fully saturated rings. The van der Waals surface area contributed by atoms with Crippen molar-refractivity contribution in [1.82, 2.24) is 4.98 Å². The molecule has 10 heteroatoms. The zero-order valence-electron chi connectivity index (χ0n) is 10.4. The minimum Gasteiger partial charge on any atom is -0.439 e. The first-order chi connectivity index (χ1) is 10.1. The SMILES string of the molecule is O=S(=O)(Cl)c1ccc(Oc2ccc(C(F)(F)F)cn2)cc1Cl. The van der Waals surface area contributed by atoms with Crippen LogP contribution in [0.2, 0.25) is 5.02 Å². The smallest absolute Gasteiger partial charge is 0.417 e. The highest BCUT2D eigenvalue weighted by atomic mass is 35.7. The van der Waals surface area contributed by atoms with Gasteiger partial charge in [0.25, 0.3) is 9.05 Å². The largest absolute Gasteiger partial charge is 0.439 e. The number of aromatic nitrogens is 1. The van der Waals surface area contributed by atoms with Crippen LogP contribution in [0.4, 0.5) is 13.2 Å². The monoisotopic (exact) mass is 371 g/mol. The van der Waals surface area contributed by atoms with E-state index in [1.807, 2.05) is 0 Å². The fraction of sp³-hybridized carbons (Fsp3) is 0.0833. The van der Waals surface area contributed by atoms with Crippen LogP contribution in [0.1, 0.15) is 5.56 Å². The van der Waals surface area contributed by atoms with Gasteiger partial charge in [-0.2, -0.15) is 13.2 Å². The summed E-state index contributed by atoms with van der Waals surface area (Å²) in [7, 11) is 1.16. The molecule has 4 nitrogen and oxygen atoms in total. The molecule has 0 bridgehead atoms. The van der Waals surface area contributed by atoms with E-state index in [1.165, 1.54) is 6.07 Å². The van der Waals surface area contributed by atoms with Crippen molar-refractivity contribution in [3.63, 3.8) is 0 Å². The third kappa shape index (κ3) is 4.02. The predicted octanol–water partition coefficient (Wildman–Crippen LogP) is 4.47. The molecule has 1 aromatic carbocycles. The summed E-state index contributed by atoms with van der Waals surface area (Å²) in [6, 6.07) is 5.37.